The predicted molar refractivity (Wildman–Crippen MR) is 84.7 cm³/mol. The maximum Gasteiger partial charge on any atom is 0.242 e. The minimum Gasteiger partial charge on any atom is -0.495 e. The van der Waals surface area contributed by atoms with Crippen LogP contribution in [0, 0.1) is 0 Å². The van der Waals surface area contributed by atoms with Gasteiger partial charge in [0, 0.05) is 10.5 Å². The van der Waals surface area contributed by atoms with Gasteiger partial charge >= 0.3 is 0 Å². The summed E-state index contributed by atoms with van der Waals surface area (Å²) in [6.45, 7) is 0. The van der Waals surface area contributed by atoms with Crippen molar-refractivity contribution in [1.82, 2.24) is 9.97 Å². The van der Waals surface area contributed by atoms with Crippen LogP contribution in [0.3, 0.4) is 0 Å². The zero-order valence-electron chi connectivity index (χ0n) is 10.8. The highest BCUT2D eigenvalue weighted by atomic mass is 79.9. The smallest absolute Gasteiger partial charge is 0.242 e. The molecule has 0 aliphatic carbocycles. The second-order valence-corrected chi connectivity index (χ2v) is 5.45. The minimum atomic E-state index is 0.322. The van der Waals surface area contributed by atoms with Crippen LogP contribution in [0.1, 0.15) is 0 Å². The van der Waals surface area contributed by atoms with Gasteiger partial charge in [-0.15, -0.1) is 0 Å². The van der Waals surface area contributed by atoms with Crippen LogP contribution in [-0.2, 0) is 0 Å². The zero-order chi connectivity index (χ0) is 14.7. The number of anilines is 3. The van der Waals surface area contributed by atoms with Crippen molar-refractivity contribution in [2.75, 3.05) is 25.3 Å². The van der Waals surface area contributed by atoms with Gasteiger partial charge in [0.15, 0.2) is 5.82 Å². The number of nitrogens with one attached hydrogen (secondary N) is 1. The van der Waals surface area contributed by atoms with Gasteiger partial charge in [0.05, 0.1) is 24.4 Å². The minimum absolute atomic E-state index is 0.322. The number of benzene rings is 1. The van der Waals surface area contributed by atoms with Gasteiger partial charge < -0.3 is 20.5 Å². The number of aromatic nitrogens is 2. The van der Waals surface area contributed by atoms with Gasteiger partial charge in [0.1, 0.15) is 17.8 Å². The number of hydrogen-bond donors (Lipinski definition) is 2. The Kier molecular flexibility index (Phi) is 4.66. The number of halogens is 2. The summed E-state index contributed by atoms with van der Waals surface area (Å²) < 4.78 is 12.0. The first-order chi connectivity index (χ1) is 9.56. The Morgan fingerprint density at radius 3 is 2.50 bits per heavy atom. The monoisotopic (exact) mass is 402 g/mol. The molecule has 0 aliphatic heterocycles. The highest BCUT2D eigenvalue weighted by Gasteiger charge is 2.12. The number of nitrogens with zero attached hydrogens (tertiary/aromatic N) is 2. The molecule has 0 spiro atoms. The molecule has 106 valence electrons. The van der Waals surface area contributed by atoms with Gasteiger partial charge in [-0.3, -0.25) is 0 Å². The molecule has 0 aliphatic rings. The van der Waals surface area contributed by atoms with Gasteiger partial charge in [-0.1, -0.05) is 0 Å². The Labute approximate surface area is 133 Å². The molecule has 20 heavy (non-hydrogen) atoms. The highest BCUT2D eigenvalue weighted by molar-refractivity contribution is 9.11. The van der Waals surface area contributed by atoms with Crippen molar-refractivity contribution in [2.45, 2.75) is 0 Å². The molecule has 1 aromatic carbocycles. The Balaban J connectivity index is 2.40. The van der Waals surface area contributed by atoms with Crippen LogP contribution in [0.15, 0.2) is 27.4 Å². The fraction of sp³-hybridized carbons (Fsp3) is 0.167. The molecule has 1 aromatic heterocycles. The van der Waals surface area contributed by atoms with E-state index in [0.717, 1.165) is 14.6 Å². The third-order valence-corrected chi connectivity index (χ3v) is 3.81. The second-order valence-electron chi connectivity index (χ2n) is 3.74. The summed E-state index contributed by atoms with van der Waals surface area (Å²) >= 11 is 6.88. The summed E-state index contributed by atoms with van der Waals surface area (Å²) in [6, 6.07) is 3.69. The molecule has 0 saturated carbocycles. The lowest BCUT2D eigenvalue weighted by atomic mass is 10.3. The zero-order valence-corrected chi connectivity index (χ0v) is 13.9. The molecule has 6 nitrogen and oxygen atoms in total. The Bertz CT molecular complexity index is 637. The number of methoxy groups -OCH3 is 2. The molecule has 0 radical (unpaired) electrons. The van der Waals surface area contributed by atoms with Crippen LogP contribution in [0.4, 0.5) is 17.2 Å². The Morgan fingerprint density at radius 2 is 1.85 bits per heavy atom. The average molecular weight is 404 g/mol. The van der Waals surface area contributed by atoms with E-state index in [0.29, 0.717) is 23.1 Å². The fourth-order valence-electron chi connectivity index (χ4n) is 1.55. The van der Waals surface area contributed by atoms with E-state index in [4.69, 9.17) is 15.2 Å². The van der Waals surface area contributed by atoms with Crippen LogP contribution < -0.4 is 20.5 Å². The lowest BCUT2D eigenvalue weighted by Gasteiger charge is -2.13. The molecule has 0 saturated heterocycles. The van der Waals surface area contributed by atoms with Crippen molar-refractivity contribution in [2.24, 2.45) is 0 Å². The molecule has 8 heteroatoms. The van der Waals surface area contributed by atoms with Crippen LogP contribution >= 0.6 is 31.9 Å². The lowest BCUT2D eigenvalue weighted by Crippen LogP contribution is -2.03. The topological polar surface area (TPSA) is 82.3 Å². The van der Waals surface area contributed by atoms with E-state index >= 15 is 0 Å². The molecule has 3 N–H and O–H groups in total. The van der Waals surface area contributed by atoms with E-state index in [-0.39, 0.29) is 0 Å². The lowest BCUT2D eigenvalue weighted by molar-refractivity contribution is 0.399. The SMILES string of the molecule is COc1cc(Nc2ncnc(OC)c2N)c(Br)cc1Br. The van der Waals surface area contributed by atoms with Gasteiger partial charge in [0.25, 0.3) is 0 Å². The van der Waals surface area contributed by atoms with E-state index in [9.17, 15) is 0 Å². The number of nitrogens with two attached hydrogens (primary N) is 1. The van der Waals surface area contributed by atoms with Crippen molar-refractivity contribution in [3.63, 3.8) is 0 Å². The largest absolute Gasteiger partial charge is 0.495 e. The number of rotatable bonds is 4. The van der Waals surface area contributed by atoms with Gasteiger partial charge in [-0.2, -0.15) is 4.98 Å². The fourth-order valence-corrected chi connectivity index (χ4v) is 2.81. The quantitative estimate of drug-likeness (QED) is 0.814. The maximum absolute atomic E-state index is 5.92. The van der Waals surface area contributed by atoms with Gasteiger partial charge in [-0.05, 0) is 37.9 Å². The highest BCUT2D eigenvalue weighted by Crippen LogP contribution is 2.37. The summed E-state index contributed by atoms with van der Waals surface area (Å²) in [6.07, 6.45) is 1.38. The van der Waals surface area contributed by atoms with Crippen molar-refractivity contribution < 1.29 is 9.47 Å². The second kappa shape index (κ2) is 6.27. The molecule has 0 fully saturated rings. The third-order valence-electron chi connectivity index (χ3n) is 2.54. The van der Waals surface area contributed by atoms with Crippen LogP contribution in [-0.4, -0.2) is 24.2 Å². The van der Waals surface area contributed by atoms with Crippen LogP contribution in [0.25, 0.3) is 0 Å². The number of hydrogen-bond acceptors (Lipinski definition) is 6. The van der Waals surface area contributed by atoms with Crippen LogP contribution in [0.5, 0.6) is 11.6 Å². The Morgan fingerprint density at radius 1 is 1.10 bits per heavy atom. The summed E-state index contributed by atoms with van der Waals surface area (Å²) in [5.41, 5.74) is 7.02. The molecule has 0 unspecified atom stereocenters. The van der Waals surface area contributed by atoms with Gasteiger partial charge in [-0.25, -0.2) is 4.98 Å². The molecular weight excluding hydrogens is 392 g/mol. The van der Waals surface area contributed by atoms with E-state index in [1.54, 1.807) is 7.11 Å². The molecule has 1 heterocycles. The third kappa shape index (κ3) is 2.96. The summed E-state index contributed by atoms with van der Waals surface area (Å²) in [5.74, 6) is 1.47. The predicted octanol–water partition coefficient (Wildman–Crippen LogP) is 3.34. The molecule has 0 atom stereocenters. The van der Waals surface area contributed by atoms with E-state index < -0.39 is 0 Å². The van der Waals surface area contributed by atoms with Crippen molar-refractivity contribution in [3.8, 4) is 11.6 Å². The van der Waals surface area contributed by atoms with Gasteiger partial charge in [0.2, 0.25) is 5.88 Å². The first-order valence-corrected chi connectivity index (χ1v) is 7.10. The van der Waals surface area contributed by atoms with Crippen molar-refractivity contribution >= 4 is 49.1 Å². The first kappa shape index (κ1) is 14.9. The first-order valence-electron chi connectivity index (χ1n) is 5.51. The summed E-state index contributed by atoms with van der Waals surface area (Å²) in [4.78, 5) is 8.03. The van der Waals surface area contributed by atoms with Crippen molar-refractivity contribution in [1.29, 1.82) is 0 Å². The summed E-state index contributed by atoms with van der Waals surface area (Å²) in [5, 5.41) is 3.11. The normalized spacial score (nSPS) is 10.2. The maximum atomic E-state index is 5.92. The standard InChI is InChI=1S/C12H12Br2N4O2/c1-19-9-4-8(6(13)3-7(9)14)18-11-10(15)12(20-2)17-5-16-11/h3-5H,15H2,1-2H3,(H,16,17,18). The van der Waals surface area contributed by atoms with Crippen molar-refractivity contribution in [3.05, 3.63) is 27.4 Å². The van der Waals surface area contributed by atoms with E-state index in [1.807, 2.05) is 12.1 Å². The Hall–Kier alpha value is -1.54. The molecule has 2 rings (SSSR count). The van der Waals surface area contributed by atoms with E-state index in [2.05, 4.69) is 47.1 Å². The van der Waals surface area contributed by atoms with Crippen LogP contribution in [0.2, 0.25) is 0 Å². The molecule has 0 amide bonds. The number of nitrogen functional groups attached to an aromatic ring is 1. The number of ether oxygens (including phenoxy) is 2. The molecule has 0 bridgehead atoms. The summed E-state index contributed by atoms with van der Waals surface area (Å²) in [7, 11) is 3.10. The average Bonchev–Trinajstić information content (AvgIpc) is 2.43. The van der Waals surface area contributed by atoms with E-state index in [1.165, 1.54) is 13.4 Å². The molecular formula is C12H12Br2N4O2. The molecule has 2 aromatic rings.